The Labute approximate surface area is 105 Å². The second kappa shape index (κ2) is 4.32. The summed E-state index contributed by atoms with van der Waals surface area (Å²) in [5.41, 5.74) is -1.89. The van der Waals surface area contributed by atoms with Crippen molar-refractivity contribution in [3.63, 3.8) is 0 Å². The van der Waals surface area contributed by atoms with Crippen LogP contribution in [0.3, 0.4) is 0 Å². The summed E-state index contributed by atoms with van der Waals surface area (Å²) in [5, 5.41) is 2.51. The van der Waals surface area contributed by atoms with Crippen LogP contribution in [0.2, 0.25) is 0 Å². The maximum absolute atomic E-state index is 13.6. The number of fused-ring (bicyclic) bond motifs is 1. The minimum absolute atomic E-state index is 0.00993. The molecule has 2 nitrogen and oxygen atoms in total. The Kier molecular flexibility index (Phi) is 3.07. The molecule has 1 aromatic heterocycles. The van der Waals surface area contributed by atoms with Crippen LogP contribution in [0.25, 0.3) is 10.9 Å². The van der Waals surface area contributed by atoms with Crippen molar-refractivity contribution < 1.29 is 22.0 Å². The first-order chi connectivity index (χ1) is 8.75. The molecule has 0 spiro atoms. The van der Waals surface area contributed by atoms with E-state index in [1.54, 1.807) is 0 Å². The highest BCUT2D eigenvalue weighted by Crippen LogP contribution is 2.37. The highest BCUT2D eigenvalue weighted by Gasteiger charge is 2.36. The highest BCUT2D eigenvalue weighted by molar-refractivity contribution is 5.93. The van der Waals surface area contributed by atoms with E-state index < -0.39 is 29.0 Å². The number of nitrogens with one attached hydrogen (secondary N) is 1. The zero-order valence-electron chi connectivity index (χ0n) is 9.99. The van der Waals surface area contributed by atoms with Crippen LogP contribution in [-0.2, 0) is 6.18 Å². The molecule has 0 bridgehead atoms. The van der Waals surface area contributed by atoms with Gasteiger partial charge < -0.3 is 5.32 Å². The first kappa shape index (κ1) is 13.5. The Morgan fingerprint density at radius 3 is 2.32 bits per heavy atom. The molecule has 1 heterocycles. The smallest absolute Gasteiger partial charge is 0.387 e. The fourth-order valence-electron chi connectivity index (χ4n) is 1.98. The average Bonchev–Trinajstić information content (AvgIpc) is 2.26. The quantitative estimate of drug-likeness (QED) is 0.799. The van der Waals surface area contributed by atoms with E-state index in [1.165, 1.54) is 14.0 Å². The van der Waals surface area contributed by atoms with E-state index in [-0.39, 0.29) is 16.6 Å². The fraction of sp³-hybridized carbons (Fsp3) is 0.250. The number of benzene rings is 1. The number of alkyl halides is 3. The molecule has 0 aliphatic rings. The molecular weight excluding hydrogens is 267 g/mol. The predicted molar refractivity (Wildman–Crippen MR) is 60.9 cm³/mol. The van der Waals surface area contributed by atoms with Crippen LogP contribution in [0.4, 0.5) is 27.6 Å². The van der Waals surface area contributed by atoms with Crippen LogP contribution in [0, 0.1) is 18.6 Å². The van der Waals surface area contributed by atoms with Crippen LogP contribution in [0.1, 0.15) is 11.3 Å². The van der Waals surface area contributed by atoms with Crippen molar-refractivity contribution in [2.45, 2.75) is 13.1 Å². The van der Waals surface area contributed by atoms with Gasteiger partial charge in [0.1, 0.15) is 17.0 Å². The maximum Gasteiger partial charge on any atom is 0.433 e. The number of nitrogens with zero attached hydrogens (tertiary/aromatic N) is 1. The number of hydrogen-bond donors (Lipinski definition) is 1. The number of hydrogen-bond acceptors (Lipinski definition) is 2. The van der Waals surface area contributed by atoms with E-state index in [1.807, 2.05) is 0 Å². The zero-order chi connectivity index (χ0) is 14.4. The lowest BCUT2D eigenvalue weighted by Crippen LogP contribution is -2.13. The first-order valence-electron chi connectivity index (χ1n) is 5.30. The fourth-order valence-corrected chi connectivity index (χ4v) is 1.98. The van der Waals surface area contributed by atoms with Gasteiger partial charge in [-0.1, -0.05) is 0 Å². The molecule has 1 N–H and O–H groups in total. The molecule has 0 aliphatic heterocycles. The van der Waals surface area contributed by atoms with E-state index in [4.69, 9.17) is 0 Å². The zero-order valence-corrected chi connectivity index (χ0v) is 9.99. The summed E-state index contributed by atoms with van der Waals surface area (Å²) in [7, 11) is 1.38. The number of aromatic nitrogens is 1. The van der Waals surface area contributed by atoms with Gasteiger partial charge in [0, 0.05) is 29.8 Å². The minimum atomic E-state index is -4.70. The molecule has 1 aromatic carbocycles. The Morgan fingerprint density at radius 2 is 1.79 bits per heavy atom. The summed E-state index contributed by atoms with van der Waals surface area (Å²) in [6.07, 6.45) is -4.70. The SMILES string of the molecule is CNc1c(C)c(C(F)(F)F)nc2c(F)cc(F)cc12. The average molecular weight is 276 g/mol. The third-order valence-corrected chi connectivity index (χ3v) is 2.77. The van der Waals surface area contributed by atoms with E-state index in [0.717, 1.165) is 6.07 Å². The first-order valence-corrected chi connectivity index (χ1v) is 5.30. The van der Waals surface area contributed by atoms with Crippen LogP contribution in [-0.4, -0.2) is 12.0 Å². The lowest BCUT2D eigenvalue weighted by Gasteiger charge is -2.16. The monoisotopic (exact) mass is 276 g/mol. The molecule has 0 amide bonds. The molecule has 102 valence electrons. The molecule has 0 aliphatic carbocycles. The van der Waals surface area contributed by atoms with E-state index in [9.17, 15) is 22.0 Å². The second-order valence-electron chi connectivity index (χ2n) is 3.99. The molecule has 2 aromatic rings. The lowest BCUT2D eigenvalue weighted by atomic mass is 10.1. The van der Waals surface area contributed by atoms with Crippen molar-refractivity contribution in [1.29, 1.82) is 0 Å². The number of pyridine rings is 1. The van der Waals surface area contributed by atoms with E-state index in [0.29, 0.717) is 6.07 Å². The van der Waals surface area contributed by atoms with Crippen molar-refractivity contribution in [2.75, 3.05) is 12.4 Å². The van der Waals surface area contributed by atoms with Gasteiger partial charge in [0.05, 0.1) is 0 Å². The van der Waals surface area contributed by atoms with Crippen molar-refractivity contribution >= 4 is 16.6 Å². The van der Waals surface area contributed by atoms with Crippen LogP contribution >= 0.6 is 0 Å². The molecule has 0 saturated carbocycles. The number of halogens is 5. The van der Waals surface area contributed by atoms with E-state index in [2.05, 4.69) is 10.3 Å². The summed E-state index contributed by atoms with van der Waals surface area (Å²) >= 11 is 0. The Bertz CT molecular complexity index is 649. The molecule has 0 atom stereocenters. The van der Waals surface area contributed by atoms with Crippen molar-refractivity contribution in [2.24, 2.45) is 0 Å². The maximum atomic E-state index is 13.6. The van der Waals surface area contributed by atoms with Gasteiger partial charge in [-0.15, -0.1) is 0 Å². The summed E-state index contributed by atoms with van der Waals surface area (Å²) in [6.45, 7) is 1.20. The van der Waals surface area contributed by atoms with Crippen LogP contribution < -0.4 is 5.32 Å². The molecular formula is C12H9F5N2. The molecule has 2 rings (SSSR count). The molecule has 7 heteroatoms. The van der Waals surface area contributed by atoms with Crippen molar-refractivity contribution in [3.8, 4) is 0 Å². The van der Waals surface area contributed by atoms with E-state index >= 15 is 0 Å². The van der Waals surface area contributed by atoms with Gasteiger partial charge in [0.15, 0.2) is 5.82 Å². The van der Waals surface area contributed by atoms with Crippen LogP contribution in [0.5, 0.6) is 0 Å². The van der Waals surface area contributed by atoms with Crippen LogP contribution in [0.15, 0.2) is 12.1 Å². The predicted octanol–water partition coefficient (Wildman–Crippen LogP) is 3.88. The summed E-state index contributed by atoms with van der Waals surface area (Å²) in [6, 6.07) is 1.45. The number of anilines is 1. The normalized spacial score (nSPS) is 11.9. The second-order valence-corrected chi connectivity index (χ2v) is 3.99. The molecule has 0 saturated heterocycles. The lowest BCUT2D eigenvalue weighted by molar-refractivity contribution is -0.141. The third-order valence-electron chi connectivity index (χ3n) is 2.77. The van der Waals surface area contributed by atoms with Gasteiger partial charge in [-0.2, -0.15) is 13.2 Å². The largest absolute Gasteiger partial charge is 0.433 e. The highest BCUT2D eigenvalue weighted by atomic mass is 19.4. The molecule has 0 radical (unpaired) electrons. The minimum Gasteiger partial charge on any atom is -0.387 e. The molecule has 19 heavy (non-hydrogen) atoms. The Hall–Kier alpha value is -1.92. The van der Waals surface area contributed by atoms with Crippen molar-refractivity contribution in [1.82, 2.24) is 4.98 Å². The van der Waals surface area contributed by atoms with Gasteiger partial charge in [-0.05, 0) is 13.0 Å². The Morgan fingerprint density at radius 1 is 1.16 bits per heavy atom. The summed E-state index contributed by atoms with van der Waals surface area (Å²) in [4.78, 5) is 3.29. The van der Waals surface area contributed by atoms with Gasteiger partial charge in [-0.3, -0.25) is 0 Å². The topological polar surface area (TPSA) is 24.9 Å². The summed E-state index contributed by atoms with van der Waals surface area (Å²) < 4.78 is 65.2. The number of rotatable bonds is 1. The molecule has 0 fully saturated rings. The standard InChI is InChI=1S/C12H9F5N2/c1-5-9(18-2)7-3-6(13)4-8(14)10(7)19-11(5)12(15,16)17/h3-4H,1-2H3,(H,18,19). The summed E-state index contributed by atoms with van der Waals surface area (Å²) in [5.74, 6) is -2.00. The van der Waals surface area contributed by atoms with Gasteiger partial charge >= 0.3 is 6.18 Å². The Balaban J connectivity index is 2.95. The third kappa shape index (κ3) is 2.20. The van der Waals surface area contributed by atoms with Gasteiger partial charge in [0.2, 0.25) is 0 Å². The molecule has 0 unspecified atom stereocenters. The van der Waals surface area contributed by atoms with Crippen molar-refractivity contribution in [3.05, 3.63) is 35.0 Å². The van der Waals surface area contributed by atoms with Gasteiger partial charge in [-0.25, -0.2) is 13.8 Å². The van der Waals surface area contributed by atoms with Gasteiger partial charge in [0.25, 0.3) is 0 Å².